The molecule has 4 rings (SSSR count). The van der Waals surface area contributed by atoms with E-state index in [1.54, 1.807) is 32.9 Å². The van der Waals surface area contributed by atoms with Gasteiger partial charge in [0.1, 0.15) is 42.8 Å². The standard InChI is InChI=1S/C18H21N5O5/c1-4-13(24)25-7-11-14-15(28-17(2,3)27-14)18(8-19,26-11)12-6-5-10-16(20)21-9-22-23(10)12/h5-6,9,11,14-15H,4,7H2,1-3H3,(H2,20,21,22)/t11-,14-,15-,18+/m1/s1. The number of aromatic nitrogens is 3. The van der Waals surface area contributed by atoms with E-state index in [2.05, 4.69) is 16.2 Å². The van der Waals surface area contributed by atoms with Crippen molar-refractivity contribution in [2.24, 2.45) is 0 Å². The van der Waals surface area contributed by atoms with Crippen molar-refractivity contribution in [2.75, 3.05) is 12.3 Å². The van der Waals surface area contributed by atoms with Crippen LogP contribution in [0.3, 0.4) is 0 Å². The van der Waals surface area contributed by atoms with Crippen LogP contribution in [0.5, 0.6) is 0 Å². The lowest BCUT2D eigenvalue weighted by Crippen LogP contribution is -2.40. The molecule has 148 valence electrons. The molecular formula is C18H21N5O5. The van der Waals surface area contributed by atoms with Gasteiger partial charge in [-0.3, -0.25) is 4.79 Å². The van der Waals surface area contributed by atoms with Crippen molar-refractivity contribution in [3.05, 3.63) is 24.2 Å². The molecule has 2 aromatic rings. The van der Waals surface area contributed by atoms with Gasteiger partial charge in [0, 0.05) is 6.42 Å². The van der Waals surface area contributed by atoms with Crippen molar-refractivity contribution in [3.8, 4) is 6.07 Å². The van der Waals surface area contributed by atoms with Gasteiger partial charge in [0.15, 0.2) is 11.6 Å². The first-order valence-corrected chi connectivity index (χ1v) is 9.00. The Bertz CT molecular complexity index is 967. The fraction of sp³-hybridized carbons (Fsp3) is 0.556. The zero-order valence-corrected chi connectivity index (χ0v) is 15.8. The van der Waals surface area contributed by atoms with Crippen molar-refractivity contribution >= 4 is 17.3 Å². The Morgan fingerprint density at radius 2 is 2.18 bits per heavy atom. The van der Waals surface area contributed by atoms with Gasteiger partial charge in [-0.2, -0.15) is 10.4 Å². The van der Waals surface area contributed by atoms with Crippen LogP contribution in [0.2, 0.25) is 0 Å². The summed E-state index contributed by atoms with van der Waals surface area (Å²) in [6.45, 7) is 5.18. The summed E-state index contributed by atoms with van der Waals surface area (Å²) in [6, 6.07) is 5.66. The number of nitrogen functional groups attached to an aromatic ring is 1. The second-order valence-corrected chi connectivity index (χ2v) is 7.22. The number of fused-ring (bicyclic) bond motifs is 2. The molecular weight excluding hydrogens is 366 g/mol. The predicted molar refractivity (Wildman–Crippen MR) is 94.6 cm³/mol. The summed E-state index contributed by atoms with van der Waals surface area (Å²) in [7, 11) is 0. The first-order valence-electron chi connectivity index (χ1n) is 9.00. The van der Waals surface area contributed by atoms with Crippen LogP contribution in [0.4, 0.5) is 5.82 Å². The number of nitrogens with two attached hydrogens (primary N) is 1. The van der Waals surface area contributed by atoms with Crippen molar-refractivity contribution in [2.45, 2.75) is 56.9 Å². The van der Waals surface area contributed by atoms with Crippen LogP contribution >= 0.6 is 0 Å². The van der Waals surface area contributed by atoms with Crippen LogP contribution in [0, 0.1) is 11.3 Å². The quantitative estimate of drug-likeness (QED) is 0.759. The molecule has 2 aromatic heterocycles. The molecule has 2 aliphatic rings. The van der Waals surface area contributed by atoms with Crippen molar-refractivity contribution in [1.82, 2.24) is 14.6 Å². The van der Waals surface area contributed by atoms with Crippen molar-refractivity contribution < 1.29 is 23.7 Å². The maximum Gasteiger partial charge on any atom is 0.305 e. The van der Waals surface area contributed by atoms with E-state index in [1.807, 2.05) is 0 Å². The molecule has 0 saturated carbocycles. The van der Waals surface area contributed by atoms with Gasteiger partial charge < -0.3 is 24.7 Å². The topological polar surface area (TPSA) is 134 Å². The third-order valence-corrected chi connectivity index (χ3v) is 4.96. The molecule has 28 heavy (non-hydrogen) atoms. The Morgan fingerprint density at radius 1 is 1.39 bits per heavy atom. The van der Waals surface area contributed by atoms with E-state index in [9.17, 15) is 10.1 Å². The van der Waals surface area contributed by atoms with Gasteiger partial charge in [-0.25, -0.2) is 9.50 Å². The van der Waals surface area contributed by atoms with E-state index in [1.165, 1.54) is 10.8 Å². The Morgan fingerprint density at radius 3 is 2.89 bits per heavy atom. The summed E-state index contributed by atoms with van der Waals surface area (Å²) in [5.74, 6) is -1.00. The lowest BCUT2D eigenvalue weighted by atomic mass is 9.92. The molecule has 2 fully saturated rings. The smallest absolute Gasteiger partial charge is 0.305 e. The number of ether oxygens (including phenoxy) is 4. The second-order valence-electron chi connectivity index (χ2n) is 7.22. The van der Waals surface area contributed by atoms with Gasteiger partial charge in [0.25, 0.3) is 0 Å². The van der Waals surface area contributed by atoms with Gasteiger partial charge in [0.2, 0.25) is 5.60 Å². The maximum absolute atomic E-state index is 11.6. The van der Waals surface area contributed by atoms with Gasteiger partial charge >= 0.3 is 5.97 Å². The fourth-order valence-corrected chi connectivity index (χ4v) is 3.74. The van der Waals surface area contributed by atoms with E-state index < -0.39 is 29.7 Å². The summed E-state index contributed by atoms with van der Waals surface area (Å²) < 4.78 is 24.9. The van der Waals surface area contributed by atoms with Crippen LogP contribution in [-0.4, -0.2) is 51.3 Å². The number of hydrogen-bond donors (Lipinski definition) is 1. The third kappa shape index (κ3) is 2.71. The molecule has 4 heterocycles. The number of carbonyl (C=O) groups excluding carboxylic acids is 1. The molecule has 0 amide bonds. The average Bonchev–Trinajstić information content (AvgIpc) is 3.31. The van der Waals surface area contributed by atoms with Gasteiger partial charge in [0.05, 0.1) is 5.69 Å². The van der Waals surface area contributed by atoms with Crippen molar-refractivity contribution in [3.63, 3.8) is 0 Å². The maximum atomic E-state index is 11.6. The van der Waals surface area contributed by atoms with E-state index in [-0.39, 0.29) is 24.8 Å². The lowest BCUT2D eigenvalue weighted by Gasteiger charge is -2.28. The first kappa shape index (κ1) is 18.6. The Hall–Kier alpha value is -2.74. The fourth-order valence-electron chi connectivity index (χ4n) is 3.74. The number of anilines is 1. The van der Waals surface area contributed by atoms with Crippen LogP contribution in [0.1, 0.15) is 32.9 Å². The van der Waals surface area contributed by atoms with Gasteiger partial charge in [-0.1, -0.05) is 6.92 Å². The molecule has 0 aliphatic carbocycles. The second kappa shape index (κ2) is 6.41. The molecule has 0 radical (unpaired) electrons. The number of carbonyl (C=O) groups is 1. The van der Waals surface area contributed by atoms with Crippen molar-refractivity contribution in [1.29, 1.82) is 5.26 Å². The zero-order chi connectivity index (χ0) is 20.1. The molecule has 2 N–H and O–H groups in total. The summed E-state index contributed by atoms with van der Waals surface area (Å²) in [5, 5.41) is 14.4. The zero-order valence-electron chi connectivity index (χ0n) is 15.8. The Labute approximate surface area is 161 Å². The minimum atomic E-state index is -1.52. The van der Waals surface area contributed by atoms with Gasteiger partial charge in [-0.05, 0) is 26.0 Å². The summed E-state index contributed by atoms with van der Waals surface area (Å²) in [5.41, 5.74) is 5.39. The van der Waals surface area contributed by atoms with E-state index in [4.69, 9.17) is 24.7 Å². The molecule has 4 atom stereocenters. The van der Waals surface area contributed by atoms with Crippen LogP contribution in [0.25, 0.3) is 5.52 Å². The molecule has 2 saturated heterocycles. The predicted octanol–water partition coefficient (Wildman–Crippen LogP) is 0.902. The minimum absolute atomic E-state index is 0.0445. The number of rotatable bonds is 4. The highest BCUT2D eigenvalue weighted by Crippen LogP contribution is 2.49. The highest BCUT2D eigenvalue weighted by atomic mass is 16.8. The molecule has 10 nitrogen and oxygen atoms in total. The number of hydrogen-bond acceptors (Lipinski definition) is 9. The lowest BCUT2D eigenvalue weighted by molar-refractivity contribution is -0.206. The highest BCUT2D eigenvalue weighted by Gasteiger charge is 2.65. The average molecular weight is 387 g/mol. The number of nitriles is 1. The Kier molecular flexibility index (Phi) is 4.26. The molecule has 0 spiro atoms. The summed E-state index contributed by atoms with van der Waals surface area (Å²) >= 11 is 0. The first-order chi connectivity index (χ1) is 13.3. The molecule has 0 unspecified atom stereocenters. The molecule has 2 aliphatic heterocycles. The van der Waals surface area contributed by atoms with Crippen LogP contribution < -0.4 is 5.73 Å². The minimum Gasteiger partial charge on any atom is -0.463 e. The molecule has 0 bridgehead atoms. The molecule has 10 heteroatoms. The normalized spacial score (nSPS) is 30.9. The third-order valence-electron chi connectivity index (χ3n) is 4.96. The number of nitrogens with zero attached hydrogens (tertiary/aromatic N) is 4. The van der Waals surface area contributed by atoms with E-state index >= 15 is 0 Å². The van der Waals surface area contributed by atoms with Gasteiger partial charge in [-0.15, -0.1) is 0 Å². The van der Waals surface area contributed by atoms with E-state index in [0.29, 0.717) is 11.2 Å². The SMILES string of the molecule is CCC(=O)OC[C@H]1O[C@@](C#N)(c2ccc3c(N)ncnn23)[C@@H]2OC(C)(C)O[C@@H]21. The Balaban J connectivity index is 1.78. The highest BCUT2D eigenvalue weighted by molar-refractivity contribution is 5.69. The molecule has 0 aromatic carbocycles. The van der Waals surface area contributed by atoms with E-state index in [0.717, 1.165) is 0 Å². The summed E-state index contributed by atoms with van der Waals surface area (Å²) in [6.07, 6.45) is -0.463. The monoisotopic (exact) mass is 387 g/mol. The summed E-state index contributed by atoms with van der Waals surface area (Å²) in [4.78, 5) is 15.6. The van der Waals surface area contributed by atoms with Crippen LogP contribution in [-0.2, 0) is 29.3 Å². The largest absolute Gasteiger partial charge is 0.463 e. The van der Waals surface area contributed by atoms with Crippen LogP contribution in [0.15, 0.2) is 18.5 Å². The number of esters is 1.